The van der Waals surface area contributed by atoms with Crippen molar-refractivity contribution in [2.75, 3.05) is 11.9 Å². The van der Waals surface area contributed by atoms with Crippen molar-refractivity contribution in [3.8, 4) is 0 Å². The van der Waals surface area contributed by atoms with Gasteiger partial charge < -0.3 is 5.32 Å². The predicted molar refractivity (Wildman–Crippen MR) is 79.3 cm³/mol. The van der Waals surface area contributed by atoms with E-state index in [-0.39, 0.29) is 0 Å². The van der Waals surface area contributed by atoms with E-state index >= 15 is 0 Å². The molecule has 2 aromatic heterocycles. The number of rotatable bonds is 6. The molecule has 2 heterocycles. The van der Waals surface area contributed by atoms with E-state index in [2.05, 4.69) is 33.3 Å². The van der Waals surface area contributed by atoms with E-state index in [1.54, 1.807) is 11.8 Å². The van der Waals surface area contributed by atoms with Gasteiger partial charge in [-0.2, -0.15) is 0 Å². The Labute approximate surface area is 118 Å². The van der Waals surface area contributed by atoms with Gasteiger partial charge in [0.2, 0.25) is 0 Å². The Hall–Kier alpha value is -1.62. The van der Waals surface area contributed by atoms with E-state index in [4.69, 9.17) is 0 Å². The fraction of sp³-hybridized carbons (Fsp3) is 0.357. The molecule has 0 amide bonds. The number of thioether (sulfide) groups is 1. The fourth-order valence-corrected chi connectivity index (χ4v) is 2.22. The average molecular weight is 274 g/mol. The number of pyridine rings is 1. The summed E-state index contributed by atoms with van der Waals surface area (Å²) in [4.78, 5) is 12.9. The lowest BCUT2D eigenvalue weighted by Gasteiger charge is -2.06. The van der Waals surface area contributed by atoms with Crippen LogP contribution in [0.4, 0.5) is 5.69 Å². The van der Waals surface area contributed by atoms with Crippen LogP contribution >= 0.6 is 11.8 Å². The SMILES string of the molecule is CCCNc1ccnc(CSc2ncc(C)cn2)c1. The van der Waals surface area contributed by atoms with E-state index in [9.17, 15) is 0 Å². The molecule has 0 aliphatic rings. The number of aromatic nitrogens is 3. The summed E-state index contributed by atoms with van der Waals surface area (Å²) in [5.74, 6) is 0.782. The minimum Gasteiger partial charge on any atom is -0.385 e. The van der Waals surface area contributed by atoms with Crippen LogP contribution in [-0.4, -0.2) is 21.5 Å². The van der Waals surface area contributed by atoms with Crippen molar-refractivity contribution in [2.45, 2.75) is 31.2 Å². The van der Waals surface area contributed by atoms with E-state index in [0.29, 0.717) is 0 Å². The standard InChI is InChI=1S/C14H18N4S/c1-3-5-15-12-4-6-16-13(7-12)10-19-14-17-8-11(2)9-18-14/h4,6-9H,3,5,10H2,1-2H3,(H,15,16). The minimum atomic E-state index is 0.782. The van der Waals surface area contributed by atoms with Crippen molar-refractivity contribution < 1.29 is 0 Å². The van der Waals surface area contributed by atoms with Gasteiger partial charge in [-0.05, 0) is 31.0 Å². The molecule has 0 unspecified atom stereocenters. The normalized spacial score (nSPS) is 10.4. The van der Waals surface area contributed by atoms with Crippen LogP contribution in [0.15, 0.2) is 35.9 Å². The van der Waals surface area contributed by atoms with Crippen molar-refractivity contribution >= 4 is 17.4 Å². The third kappa shape index (κ3) is 4.52. The van der Waals surface area contributed by atoms with Gasteiger partial charge in [0.1, 0.15) is 0 Å². The van der Waals surface area contributed by atoms with Crippen LogP contribution in [0.25, 0.3) is 0 Å². The second-order valence-electron chi connectivity index (χ2n) is 4.29. The molecule has 0 atom stereocenters. The summed E-state index contributed by atoms with van der Waals surface area (Å²) >= 11 is 1.60. The maximum atomic E-state index is 4.36. The number of nitrogens with one attached hydrogen (secondary N) is 1. The van der Waals surface area contributed by atoms with E-state index in [1.807, 2.05) is 31.6 Å². The number of nitrogens with zero attached hydrogens (tertiary/aromatic N) is 3. The first kappa shape index (κ1) is 13.8. The summed E-state index contributed by atoms with van der Waals surface area (Å²) in [6.07, 6.45) is 6.62. The van der Waals surface area contributed by atoms with Gasteiger partial charge in [0, 0.05) is 36.6 Å². The molecule has 0 fully saturated rings. The summed E-state index contributed by atoms with van der Waals surface area (Å²) in [6.45, 7) is 5.12. The lowest BCUT2D eigenvalue weighted by molar-refractivity contribution is 0.948. The largest absolute Gasteiger partial charge is 0.385 e. The molecule has 0 aromatic carbocycles. The molecule has 2 rings (SSSR count). The van der Waals surface area contributed by atoms with Gasteiger partial charge in [0.05, 0.1) is 5.69 Å². The lowest BCUT2D eigenvalue weighted by Crippen LogP contribution is -2.00. The zero-order valence-corrected chi connectivity index (χ0v) is 12.1. The molecular formula is C14H18N4S. The molecule has 0 saturated heterocycles. The van der Waals surface area contributed by atoms with Gasteiger partial charge in [0.25, 0.3) is 0 Å². The van der Waals surface area contributed by atoms with Gasteiger partial charge in [-0.3, -0.25) is 4.98 Å². The number of hydrogen-bond acceptors (Lipinski definition) is 5. The Bertz CT molecular complexity index is 513. The van der Waals surface area contributed by atoms with Crippen molar-refractivity contribution in [3.05, 3.63) is 42.0 Å². The Morgan fingerprint density at radius 1 is 1.21 bits per heavy atom. The zero-order chi connectivity index (χ0) is 13.5. The van der Waals surface area contributed by atoms with Crippen LogP contribution in [0.1, 0.15) is 24.6 Å². The van der Waals surface area contributed by atoms with Gasteiger partial charge >= 0.3 is 0 Å². The van der Waals surface area contributed by atoms with E-state index < -0.39 is 0 Å². The first-order valence-electron chi connectivity index (χ1n) is 6.38. The summed E-state index contributed by atoms with van der Waals surface area (Å²) in [5.41, 5.74) is 3.24. The molecule has 0 saturated carbocycles. The molecule has 4 nitrogen and oxygen atoms in total. The second kappa shape index (κ2) is 7.09. The quantitative estimate of drug-likeness (QED) is 0.647. The number of anilines is 1. The molecule has 19 heavy (non-hydrogen) atoms. The molecular weight excluding hydrogens is 256 g/mol. The minimum absolute atomic E-state index is 0.782. The van der Waals surface area contributed by atoms with Crippen LogP contribution in [0, 0.1) is 6.92 Å². The van der Waals surface area contributed by atoms with Crippen LogP contribution in [0.5, 0.6) is 0 Å². The van der Waals surface area contributed by atoms with Crippen LogP contribution in [0.2, 0.25) is 0 Å². The summed E-state index contributed by atoms with van der Waals surface area (Å²) in [5, 5.41) is 4.15. The Balaban J connectivity index is 1.93. The van der Waals surface area contributed by atoms with E-state index in [1.165, 1.54) is 0 Å². The van der Waals surface area contributed by atoms with Crippen molar-refractivity contribution in [1.82, 2.24) is 15.0 Å². The molecule has 2 aromatic rings. The Morgan fingerprint density at radius 3 is 2.74 bits per heavy atom. The highest BCUT2D eigenvalue weighted by Crippen LogP contribution is 2.19. The number of aryl methyl sites for hydroxylation is 1. The monoisotopic (exact) mass is 274 g/mol. The predicted octanol–water partition coefficient (Wildman–Crippen LogP) is 3.29. The van der Waals surface area contributed by atoms with Crippen molar-refractivity contribution in [3.63, 3.8) is 0 Å². The number of hydrogen-bond donors (Lipinski definition) is 1. The maximum Gasteiger partial charge on any atom is 0.187 e. The molecule has 100 valence electrons. The topological polar surface area (TPSA) is 50.7 Å². The third-order valence-electron chi connectivity index (χ3n) is 2.50. The molecule has 0 bridgehead atoms. The van der Waals surface area contributed by atoms with E-state index in [0.717, 1.165) is 40.8 Å². The fourth-order valence-electron chi connectivity index (χ4n) is 1.53. The summed E-state index contributed by atoms with van der Waals surface area (Å²) in [7, 11) is 0. The van der Waals surface area contributed by atoms with Crippen molar-refractivity contribution in [2.24, 2.45) is 0 Å². The van der Waals surface area contributed by atoms with Gasteiger partial charge in [0.15, 0.2) is 5.16 Å². The highest BCUT2D eigenvalue weighted by molar-refractivity contribution is 7.98. The Kier molecular flexibility index (Phi) is 5.15. The van der Waals surface area contributed by atoms with Crippen molar-refractivity contribution in [1.29, 1.82) is 0 Å². The lowest BCUT2D eigenvalue weighted by atomic mass is 10.3. The molecule has 0 radical (unpaired) electrons. The molecule has 0 spiro atoms. The van der Waals surface area contributed by atoms with Gasteiger partial charge in [-0.15, -0.1) is 0 Å². The average Bonchev–Trinajstić information content (AvgIpc) is 2.45. The first-order valence-corrected chi connectivity index (χ1v) is 7.36. The summed E-state index contributed by atoms with van der Waals surface area (Å²) in [6, 6.07) is 4.07. The molecule has 0 aliphatic heterocycles. The van der Waals surface area contributed by atoms with Crippen LogP contribution in [0.3, 0.4) is 0 Å². The zero-order valence-electron chi connectivity index (χ0n) is 11.3. The highest BCUT2D eigenvalue weighted by atomic mass is 32.2. The van der Waals surface area contributed by atoms with Gasteiger partial charge in [-0.1, -0.05) is 18.7 Å². The molecule has 0 aliphatic carbocycles. The Morgan fingerprint density at radius 2 is 2.00 bits per heavy atom. The van der Waals surface area contributed by atoms with Gasteiger partial charge in [-0.25, -0.2) is 9.97 Å². The molecule has 1 N–H and O–H groups in total. The highest BCUT2D eigenvalue weighted by Gasteiger charge is 2.01. The maximum absolute atomic E-state index is 4.36. The molecule has 5 heteroatoms. The first-order chi connectivity index (χ1) is 9.28. The summed E-state index contributed by atoms with van der Waals surface area (Å²) < 4.78 is 0. The van der Waals surface area contributed by atoms with Crippen LogP contribution < -0.4 is 5.32 Å². The smallest absolute Gasteiger partial charge is 0.187 e. The third-order valence-corrected chi connectivity index (χ3v) is 3.41. The van der Waals surface area contributed by atoms with Crippen LogP contribution in [-0.2, 0) is 5.75 Å². The second-order valence-corrected chi connectivity index (χ2v) is 5.24.